The second-order valence-corrected chi connectivity index (χ2v) is 7.32. The maximum absolute atomic E-state index is 12.3. The Morgan fingerprint density at radius 1 is 1.10 bits per heavy atom. The smallest absolute Gasteiger partial charge is 0.234 e. The summed E-state index contributed by atoms with van der Waals surface area (Å²) < 4.78 is 12.0. The molecule has 0 fully saturated rings. The number of benzene rings is 2. The van der Waals surface area contributed by atoms with Gasteiger partial charge in [0.1, 0.15) is 11.5 Å². The van der Waals surface area contributed by atoms with Crippen LogP contribution in [0.1, 0.15) is 11.1 Å². The first-order chi connectivity index (χ1) is 13.9. The Kier molecular flexibility index (Phi) is 6.28. The number of ether oxygens (including phenoxy) is 2. The molecule has 0 saturated heterocycles. The summed E-state index contributed by atoms with van der Waals surface area (Å²) in [4.78, 5) is 12.3. The van der Waals surface area contributed by atoms with Crippen molar-refractivity contribution in [3.05, 3.63) is 47.5 Å². The molecule has 0 saturated carbocycles. The first kappa shape index (κ1) is 20.5. The van der Waals surface area contributed by atoms with Crippen LogP contribution in [0.5, 0.6) is 11.5 Å². The Bertz CT molecular complexity index is 1030. The molecule has 0 radical (unpaired) electrons. The number of nitrogens with one attached hydrogen (secondary N) is 1. The minimum Gasteiger partial charge on any atom is -0.497 e. The summed E-state index contributed by atoms with van der Waals surface area (Å²) in [7, 11) is 3.14. The van der Waals surface area contributed by atoms with Crippen LogP contribution in [0.4, 0.5) is 5.69 Å². The molecule has 0 aliphatic rings. The zero-order chi connectivity index (χ0) is 21.0. The van der Waals surface area contributed by atoms with Crippen molar-refractivity contribution < 1.29 is 14.3 Å². The van der Waals surface area contributed by atoms with Crippen LogP contribution in [0.15, 0.2) is 41.6 Å². The molecule has 8 nitrogen and oxygen atoms in total. The number of thioether (sulfide) groups is 1. The highest BCUT2D eigenvalue weighted by molar-refractivity contribution is 7.99. The number of aromatic nitrogens is 3. The van der Waals surface area contributed by atoms with Gasteiger partial charge in [0.05, 0.1) is 25.5 Å². The van der Waals surface area contributed by atoms with E-state index in [1.165, 1.54) is 22.0 Å². The first-order valence-corrected chi connectivity index (χ1v) is 9.84. The lowest BCUT2D eigenvalue weighted by Gasteiger charge is -2.10. The lowest BCUT2D eigenvalue weighted by atomic mass is 10.1. The third-order valence-electron chi connectivity index (χ3n) is 4.44. The molecule has 0 spiro atoms. The number of aryl methyl sites for hydroxylation is 2. The van der Waals surface area contributed by atoms with E-state index in [1.807, 2.05) is 32.0 Å². The summed E-state index contributed by atoms with van der Waals surface area (Å²) in [5, 5.41) is 11.5. The summed E-state index contributed by atoms with van der Waals surface area (Å²) in [5.74, 6) is 7.82. The number of carbonyl (C=O) groups excluding carboxylic acids is 1. The molecule has 152 valence electrons. The zero-order valence-corrected chi connectivity index (χ0v) is 17.5. The maximum Gasteiger partial charge on any atom is 0.234 e. The van der Waals surface area contributed by atoms with Crippen LogP contribution in [0.3, 0.4) is 0 Å². The molecule has 29 heavy (non-hydrogen) atoms. The van der Waals surface area contributed by atoms with Crippen LogP contribution in [-0.2, 0) is 4.79 Å². The van der Waals surface area contributed by atoms with Gasteiger partial charge in [-0.15, -0.1) is 10.2 Å². The third-order valence-corrected chi connectivity index (χ3v) is 5.38. The summed E-state index contributed by atoms with van der Waals surface area (Å²) in [6.45, 7) is 4.03. The van der Waals surface area contributed by atoms with Crippen molar-refractivity contribution in [1.29, 1.82) is 0 Å². The molecule has 0 aliphatic heterocycles. The minimum absolute atomic E-state index is 0.148. The average Bonchev–Trinajstić information content (AvgIpc) is 3.08. The highest BCUT2D eigenvalue weighted by atomic mass is 32.2. The van der Waals surface area contributed by atoms with Crippen LogP contribution in [0, 0.1) is 13.8 Å². The van der Waals surface area contributed by atoms with Gasteiger partial charge in [-0.05, 0) is 49.2 Å². The second-order valence-electron chi connectivity index (χ2n) is 6.38. The fraction of sp³-hybridized carbons (Fsp3) is 0.250. The van der Waals surface area contributed by atoms with Crippen molar-refractivity contribution in [3.63, 3.8) is 0 Å². The number of amides is 1. The highest BCUT2D eigenvalue weighted by Gasteiger charge is 2.17. The van der Waals surface area contributed by atoms with Crippen LogP contribution < -0.4 is 20.6 Å². The Morgan fingerprint density at radius 2 is 1.90 bits per heavy atom. The van der Waals surface area contributed by atoms with E-state index in [9.17, 15) is 4.79 Å². The molecule has 3 aromatic rings. The van der Waals surface area contributed by atoms with Crippen molar-refractivity contribution in [1.82, 2.24) is 14.9 Å². The molecule has 0 aliphatic carbocycles. The lowest BCUT2D eigenvalue weighted by Crippen LogP contribution is -2.16. The largest absolute Gasteiger partial charge is 0.497 e. The van der Waals surface area contributed by atoms with Crippen molar-refractivity contribution >= 4 is 23.4 Å². The monoisotopic (exact) mass is 413 g/mol. The van der Waals surface area contributed by atoms with E-state index in [0.717, 1.165) is 11.3 Å². The van der Waals surface area contributed by atoms with Crippen LogP contribution in [0.25, 0.3) is 11.4 Å². The van der Waals surface area contributed by atoms with E-state index in [4.69, 9.17) is 15.3 Å². The number of hydrogen-bond acceptors (Lipinski definition) is 7. The van der Waals surface area contributed by atoms with E-state index in [-0.39, 0.29) is 11.7 Å². The van der Waals surface area contributed by atoms with Crippen LogP contribution in [0.2, 0.25) is 0 Å². The Hall–Kier alpha value is -3.20. The fourth-order valence-electron chi connectivity index (χ4n) is 2.69. The van der Waals surface area contributed by atoms with Gasteiger partial charge < -0.3 is 20.6 Å². The Morgan fingerprint density at radius 3 is 2.59 bits per heavy atom. The van der Waals surface area contributed by atoms with Gasteiger partial charge in [0.2, 0.25) is 11.1 Å². The number of nitrogen functional groups attached to an aromatic ring is 1. The van der Waals surface area contributed by atoms with E-state index >= 15 is 0 Å². The molecule has 1 heterocycles. The molecule has 1 amide bonds. The standard InChI is InChI=1S/C20H23N5O3S/c1-12-5-6-14(9-13(12)2)22-18(26)11-29-20-24-23-19(25(20)21)16-8-7-15(27-3)10-17(16)28-4/h5-10H,11,21H2,1-4H3,(H,22,26). The van der Waals surface area contributed by atoms with E-state index in [2.05, 4.69) is 15.5 Å². The Balaban J connectivity index is 1.70. The van der Waals surface area contributed by atoms with Crippen molar-refractivity contribution in [3.8, 4) is 22.9 Å². The predicted molar refractivity (Wildman–Crippen MR) is 114 cm³/mol. The Labute approximate surface area is 173 Å². The topological polar surface area (TPSA) is 104 Å². The summed E-state index contributed by atoms with van der Waals surface area (Å²) in [6.07, 6.45) is 0. The van der Waals surface area contributed by atoms with Crippen molar-refractivity contribution in [2.75, 3.05) is 31.1 Å². The zero-order valence-electron chi connectivity index (χ0n) is 16.7. The number of methoxy groups -OCH3 is 2. The predicted octanol–water partition coefficient (Wildman–Crippen LogP) is 3.02. The van der Waals surface area contributed by atoms with E-state index in [1.54, 1.807) is 32.4 Å². The molecular weight excluding hydrogens is 390 g/mol. The minimum atomic E-state index is -0.148. The van der Waals surface area contributed by atoms with Gasteiger partial charge in [-0.1, -0.05) is 17.8 Å². The maximum atomic E-state index is 12.3. The lowest BCUT2D eigenvalue weighted by molar-refractivity contribution is -0.113. The third kappa shape index (κ3) is 4.62. The molecule has 0 atom stereocenters. The molecular formula is C20H23N5O3S. The summed E-state index contributed by atoms with van der Waals surface area (Å²) >= 11 is 1.21. The fourth-order valence-corrected chi connectivity index (χ4v) is 3.35. The number of hydrogen-bond donors (Lipinski definition) is 2. The van der Waals surface area contributed by atoms with E-state index < -0.39 is 0 Å². The molecule has 2 aromatic carbocycles. The summed E-state index contributed by atoms with van der Waals surface area (Å²) in [5.41, 5.74) is 3.73. The molecule has 0 unspecified atom stereocenters. The van der Waals surface area contributed by atoms with E-state index in [0.29, 0.717) is 28.0 Å². The van der Waals surface area contributed by atoms with Gasteiger partial charge in [-0.25, -0.2) is 4.68 Å². The normalized spacial score (nSPS) is 10.6. The van der Waals surface area contributed by atoms with Gasteiger partial charge in [-0.2, -0.15) is 0 Å². The van der Waals surface area contributed by atoms with Gasteiger partial charge in [0.15, 0.2) is 5.82 Å². The summed E-state index contributed by atoms with van der Waals surface area (Å²) in [6, 6.07) is 11.1. The quantitative estimate of drug-likeness (QED) is 0.453. The molecule has 0 bridgehead atoms. The SMILES string of the molecule is COc1ccc(-c2nnc(SCC(=O)Nc3ccc(C)c(C)c3)n2N)c(OC)c1. The highest BCUT2D eigenvalue weighted by Crippen LogP contribution is 2.33. The average molecular weight is 414 g/mol. The molecule has 1 aromatic heterocycles. The van der Waals surface area contributed by atoms with Crippen molar-refractivity contribution in [2.45, 2.75) is 19.0 Å². The van der Waals surface area contributed by atoms with Gasteiger partial charge in [-0.3, -0.25) is 4.79 Å². The van der Waals surface area contributed by atoms with Crippen LogP contribution >= 0.6 is 11.8 Å². The van der Waals surface area contributed by atoms with Crippen molar-refractivity contribution in [2.24, 2.45) is 0 Å². The molecule has 3 rings (SSSR count). The number of anilines is 1. The first-order valence-electron chi connectivity index (χ1n) is 8.85. The van der Waals surface area contributed by atoms with Gasteiger partial charge >= 0.3 is 0 Å². The number of nitrogens with zero attached hydrogens (tertiary/aromatic N) is 3. The van der Waals surface area contributed by atoms with Gasteiger partial charge in [0.25, 0.3) is 0 Å². The number of nitrogens with two attached hydrogens (primary N) is 1. The van der Waals surface area contributed by atoms with Crippen LogP contribution in [-0.4, -0.2) is 40.8 Å². The molecule has 3 N–H and O–H groups in total. The second kappa shape index (κ2) is 8.87. The number of carbonyl (C=O) groups is 1. The molecule has 9 heteroatoms. The van der Waals surface area contributed by atoms with Gasteiger partial charge in [0, 0.05) is 11.8 Å². The number of rotatable bonds is 7.